The zero-order valence-corrected chi connectivity index (χ0v) is 8.63. The lowest BCUT2D eigenvalue weighted by Gasteiger charge is -2.61. The summed E-state index contributed by atoms with van der Waals surface area (Å²) in [4.78, 5) is 12.0. The Morgan fingerprint density at radius 3 is 2.56 bits per heavy atom. The SMILES string of the molecule is O=C1N[C@@]2(O)[C@@H]3[C@H]4C[C@@H]5[C@@H]6[C@H]4[C@H]2[C@@H]6[C@@]1(O)[C@@H]53. The van der Waals surface area contributed by atoms with Crippen molar-refractivity contribution in [2.45, 2.75) is 17.7 Å². The molecule has 2 heterocycles. The van der Waals surface area contributed by atoms with Gasteiger partial charge in [0.05, 0.1) is 0 Å². The Kier molecular flexibility index (Phi) is 0.758. The summed E-state index contributed by atoms with van der Waals surface area (Å²) in [5, 5.41) is 24.3. The zero-order chi connectivity index (χ0) is 10.6. The quantitative estimate of drug-likeness (QED) is 0.485. The van der Waals surface area contributed by atoms with E-state index in [4.69, 9.17) is 0 Å². The molecule has 4 bridgehead atoms. The van der Waals surface area contributed by atoms with Gasteiger partial charge in [-0.05, 0) is 30.1 Å². The van der Waals surface area contributed by atoms with E-state index in [1.54, 1.807) is 0 Å². The molecule has 0 aromatic rings. The molecule has 0 unspecified atom stereocenters. The lowest BCUT2D eigenvalue weighted by molar-refractivity contribution is -0.254. The van der Waals surface area contributed by atoms with Crippen molar-refractivity contribution in [1.29, 1.82) is 0 Å². The second-order valence-electron chi connectivity index (χ2n) is 6.93. The van der Waals surface area contributed by atoms with E-state index in [0.717, 1.165) is 6.42 Å². The predicted molar refractivity (Wildman–Crippen MR) is 50.6 cm³/mol. The van der Waals surface area contributed by atoms with Crippen molar-refractivity contribution in [2.75, 3.05) is 0 Å². The number of amides is 1. The third kappa shape index (κ3) is 0.371. The van der Waals surface area contributed by atoms with Crippen molar-refractivity contribution in [1.82, 2.24) is 5.32 Å². The molecule has 7 aliphatic rings. The van der Waals surface area contributed by atoms with E-state index >= 15 is 0 Å². The molecule has 4 nitrogen and oxygen atoms in total. The van der Waals surface area contributed by atoms with Gasteiger partial charge >= 0.3 is 0 Å². The molecule has 0 spiro atoms. The summed E-state index contributed by atoms with van der Waals surface area (Å²) in [7, 11) is 0. The highest BCUT2D eigenvalue weighted by molar-refractivity contribution is 5.91. The Hall–Kier alpha value is -0.610. The summed E-state index contributed by atoms with van der Waals surface area (Å²) in [6.07, 6.45) is 1.15. The van der Waals surface area contributed by atoms with Gasteiger partial charge in [0.15, 0.2) is 0 Å². The maximum absolute atomic E-state index is 12.0. The van der Waals surface area contributed by atoms with Crippen molar-refractivity contribution in [2.24, 2.45) is 47.3 Å². The minimum atomic E-state index is -1.11. The first kappa shape index (κ1) is 7.67. The maximum atomic E-state index is 12.0. The monoisotopic (exact) mass is 219 g/mol. The second-order valence-corrected chi connectivity index (χ2v) is 6.93. The van der Waals surface area contributed by atoms with Crippen LogP contribution in [0.3, 0.4) is 0 Å². The fraction of sp³-hybridized carbons (Fsp3) is 0.917. The van der Waals surface area contributed by atoms with Crippen molar-refractivity contribution in [3.63, 3.8) is 0 Å². The summed E-state index contributed by atoms with van der Waals surface area (Å²) >= 11 is 0. The molecule has 4 heteroatoms. The largest absolute Gasteiger partial charge is 0.379 e. The molecule has 7 rings (SSSR count). The molecule has 84 valence electrons. The summed E-state index contributed by atoms with van der Waals surface area (Å²) in [5.41, 5.74) is -2.06. The van der Waals surface area contributed by atoms with E-state index in [2.05, 4.69) is 5.32 Å². The van der Waals surface area contributed by atoms with Crippen LogP contribution in [0.4, 0.5) is 0 Å². The van der Waals surface area contributed by atoms with Crippen molar-refractivity contribution >= 4 is 5.91 Å². The minimum Gasteiger partial charge on any atom is -0.379 e. The normalized spacial score (nSPS) is 83.2. The third-order valence-electron chi connectivity index (χ3n) is 7.21. The fourth-order valence-electron chi connectivity index (χ4n) is 7.38. The Morgan fingerprint density at radius 2 is 1.75 bits per heavy atom. The number of aliphatic hydroxyl groups is 2. The smallest absolute Gasteiger partial charge is 0.254 e. The number of carbonyl (C=O) groups is 1. The summed E-state index contributed by atoms with van der Waals surface area (Å²) in [6.45, 7) is 0. The Bertz CT molecular complexity index is 493. The topological polar surface area (TPSA) is 69.6 Å². The van der Waals surface area contributed by atoms with Gasteiger partial charge in [0.1, 0.15) is 11.3 Å². The first-order valence-corrected chi connectivity index (χ1v) is 6.37. The Balaban J connectivity index is 1.78. The van der Waals surface area contributed by atoms with Crippen LogP contribution in [-0.4, -0.2) is 27.4 Å². The Labute approximate surface area is 92.0 Å². The van der Waals surface area contributed by atoms with Crippen molar-refractivity contribution in [3.05, 3.63) is 0 Å². The summed E-state index contributed by atoms with van der Waals surface area (Å²) in [5.74, 6) is 2.47. The van der Waals surface area contributed by atoms with Crippen LogP contribution in [0.15, 0.2) is 0 Å². The highest BCUT2D eigenvalue weighted by Crippen LogP contribution is 2.88. The molecule has 16 heavy (non-hydrogen) atoms. The fourth-order valence-corrected chi connectivity index (χ4v) is 7.38. The number of carbonyl (C=O) groups excluding carboxylic acids is 1. The van der Waals surface area contributed by atoms with Gasteiger partial charge in [-0.1, -0.05) is 0 Å². The predicted octanol–water partition coefficient (Wildman–Crippen LogP) is -1.08. The van der Waals surface area contributed by atoms with Gasteiger partial charge in [-0.3, -0.25) is 4.79 Å². The first-order chi connectivity index (χ1) is 7.60. The zero-order valence-electron chi connectivity index (χ0n) is 8.63. The van der Waals surface area contributed by atoms with Crippen LogP contribution in [0.25, 0.3) is 0 Å². The average Bonchev–Trinajstić information content (AvgIpc) is 2.66. The minimum absolute atomic E-state index is 0.0706. The number of rotatable bonds is 0. The highest BCUT2D eigenvalue weighted by atomic mass is 16.3. The maximum Gasteiger partial charge on any atom is 0.254 e. The van der Waals surface area contributed by atoms with Crippen LogP contribution >= 0.6 is 0 Å². The van der Waals surface area contributed by atoms with Gasteiger partial charge in [-0.25, -0.2) is 0 Å². The summed E-state index contributed by atoms with van der Waals surface area (Å²) < 4.78 is 0. The van der Waals surface area contributed by atoms with Crippen LogP contribution in [0.1, 0.15) is 6.42 Å². The number of fused-ring (bicyclic) bond motifs is 1. The lowest BCUT2D eigenvalue weighted by Crippen LogP contribution is -2.80. The van der Waals surface area contributed by atoms with Crippen LogP contribution in [0.5, 0.6) is 0 Å². The molecular weight excluding hydrogens is 206 g/mol. The molecule has 2 aliphatic heterocycles. The van der Waals surface area contributed by atoms with E-state index < -0.39 is 11.3 Å². The molecule has 0 radical (unpaired) electrons. The molecule has 2 saturated heterocycles. The molecule has 5 aliphatic carbocycles. The van der Waals surface area contributed by atoms with Crippen LogP contribution < -0.4 is 5.32 Å². The molecule has 10 atom stereocenters. The van der Waals surface area contributed by atoms with E-state index in [1.165, 1.54) is 0 Å². The van der Waals surface area contributed by atoms with Gasteiger partial charge in [0.25, 0.3) is 5.91 Å². The van der Waals surface area contributed by atoms with E-state index in [9.17, 15) is 15.0 Å². The average molecular weight is 219 g/mol. The molecule has 1 amide bonds. The van der Waals surface area contributed by atoms with Gasteiger partial charge in [-0.15, -0.1) is 0 Å². The lowest BCUT2D eigenvalue weighted by atomic mass is 9.51. The van der Waals surface area contributed by atoms with Crippen LogP contribution in [0, 0.1) is 47.3 Å². The van der Waals surface area contributed by atoms with Gasteiger partial charge < -0.3 is 15.5 Å². The number of piperidine rings is 2. The van der Waals surface area contributed by atoms with E-state index in [0.29, 0.717) is 23.7 Å². The number of hydrogen-bond acceptors (Lipinski definition) is 3. The number of nitrogens with one attached hydrogen (secondary N) is 1. The van der Waals surface area contributed by atoms with Gasteiger partial charge in [0.2, 0.25) is 0 Å². The van der Waals surface area contributed by atoms with Gasteiger partial charge in [-0.2, -0.15) is 0 Å². The first-order valence-electron chi connectivity index (χ1n) is 6.37. The molecule has 0 aromatic carbocycles. The standard InChI is InChI=1S/C12H13NO3/c14-10-11(15)6-2-1-3-5-4(2)8(11)9(5)12(16,13-10)7(3)6/h2-9,15-16H,1H2,(H,13,14)/t2-,3+,4-,5+,6+,7-,8-,9+,11+,12-/m1/s1. The van der Waals surface area contributed by atoms with Crippen molar-refractivity contribution < 1.29 is 15.0 Å². The van der Waals surface area contributed by atoms with Crippen molar-refractivity contribution in [3.8, 4) is 0 Å². The van der Waals surface area contributed by atoms with E-state index in [1.807, 2.05) is 0 Å². The summed E-state index contributed by atoms with van der Waals surface area (Å²) in [6, 6.07) is 0. The molecule has 3 N–H and O–H groups in total. The molecule has 5 saturated carbocycles. The van der Waals surface area contributed by atoms with E-state index in [-0.39, 0.29) is 29.6 Å². The third-order valence-corrected chi connectivity index (χ3v) is 7.21. The van der Waals surface area contributed by atoms with Crippen LogP contribution in [0.2, 0.25) is 0 Å². The van der Waals surface area contributed by atoms with Gasteiger partial charge in [0, 0.05) is 23.7 Å². The highest BCUT2D eigenvalue weighted by Gasteiger charge is 2.94. The molecule has 7 fully saturated rings. The van der Waals surface area contributed by atoms with Crippen LogP contribution in [-0.2, 0) is 4.79 Å². The molecule has 0 aromatic heterocycles. The Morgan fingerprint density at radius 1 is 1.06 bits per heavy atom. The number of hydrogen-bond donors (Lipinski definition) is 3. The molecular formula is C12H13NO3. The second kappa shape index (κ2) is 1.58.